The Morgan fingerprint density at radius 1 is 1.15 bits per heavy atom. The molecule has 0 aliphatic rings. The van der Waals surface area contributed by atoms with Crippen LogP contribution < -0.4 is 0 Å². The molecule has 0 aliphatic heterocycles. The van der Waals surface area contributed by atoms with E-state index >= 15 is 0 Å². The lowest BCUT2D eigenvalue weighted by atomic mass is 10.2. The fourth-order valence-corrected chi connectivity index (χ4v) is 2.58. The highest BCUT2D eigenvalue weighted by molar-refractivity contribution is 5.88. The van der Waals surface area contributed by atoms with Crippen molar-refractivity contribution in [1.29, 1.82) is 0 Å². The van der Waals surface area contributed by atoms with Gasteiger partial charge < -0.3 is 5.11 Å². The number of aryl methyl sites for hydroxylation is 1. The molecular weight excluding hydrogens is 350 g/mol. The van der Waals surface area contributed by atoms with Crippen LogP contribution in [0.15, 0.2) is 58.8 Å². The van der Waals surface area contributed by atoms with Gasteiger partial charge >= 0.3 is 5.97 Å². The lowest BCUT2D eigenvalue weighted by Crippen LogP contribution is -2.02. The van der Waals surface area contributed by atoms with Gasteiger partial charge in [0.2, 0.25) is 0 Å². The van der Waals surface area contributed by atoms with Crippen LogP contribution in [0.25, 0.3) is 5.69 Å². The zero-order valence-electron chi connectivity index (χ0n) is 14.5. The minimum atomic E-state index is -1.02. The number of rotatable bonds is 5. The molecular formula is C18H15N5O4. The average Bonchev–Trinajstić information content (AvgIpc) is 2.94. The fraction of sp³-hybridized carbons (Fsp3) is 0.111. The van der Waals surface area contributed by atoms with E-state index in [1.165, 1.54) is 30.3 Å². The van der Waals surface area contributed by atoms with Gasteiger partial charge in [0.15, 0.2) is 0 Å². The van der Waals surface area contributed by atoms with Gasteiger partial charge in [-0.3, -0.25) is 10.1 Å². The summed E-state index contributed by atoms with van der Waals surface area (Å²) in [4.78, 5) is 21.5. The van der Waals surface area contributed by atoms with Crippen LogP contribution in [0.3, 0.4) is 0 Å². The summed E-state index contributed by atoms with van der Waals surface area (Å²) in [6.45, 7) is 3.54. The molecule has 1 N–H and O–H groups in total. The maximum Gasteiger partial charge on any atom is 0.335 e. The number of nitrogens with zero attached hydrogens (tertiary/aromatic N) is 5. The van der Waals surface area contributed by atoms with E-state index in [0.717, 1.165) is 0 Å². The number of azo groups is 1. The number of hydrogen-bond acceptors (Lipinski definition) is 6. The summed E-state index contributed by atoms with van der Waals surface area (Å²) in [6, 6.07) is 12.3. The predicted molar refractivity (Wildman–Crippen MR) is 97.3 cm³/mol. The van der Waals surface area contributed by atoms with Crippen LogP contribution in [0.1, 0.15) is 21.7 Å². The van der Waals surface area contributed by atoms with Gasteiger partial charge in [0.25, 0.3) is 5.69 Å². The number of aromatic nitrogens is 2. The van der Waals surface area contributed by atoms with Crippen molar-refractivity contribution < 1.29 is 14.8 Å². The maximum absolute atomic E-state index is 11.2. The number of non-ortho nitro benzene ring substituents is 1. The predicted octanol–water partition coefficient (Wildman–Crippen LogP) is 4.51. The summed E-state index contributed by atoms with van der Waals surface area (Å²) in [5.74, 6) is -1.02. The maximum atomic E-state index is 11.2. The molecule has 3 aromatic rings. The third-order valence-electron chi connectivity index (χ3n) is 3.90. The molecule has 2 aromatic carbocycles. The van der Waals surface area contributed by atoms with E-state index in [9.17, 15) is 14.9 Å². The van der Waals surface area contributed by atoms with Crippen LogP contribution in [0.2, 0.25) is 0 Å². The fourth-order valence-electron chi connectivity index (χ4n) is 2.58. The van der Waals surface area contributed by atoms with Crippen molar-refractivity contribution in [3.8, 4) is 5.69 Å². The Labute approximate surface area is 153 Å². The van der Waals surface area contributed by atoms with E-state index < -0.39 is 10.9 Å². The zero-order valence-corrected chi connectivity index (χ0v) is 14.5. The van der Waals surface area contributed by atoms with E-state index in [4.69, 9.17) is 5.11 Å². The summed E-state index contributed by atoms with van der Waals surface area (Å²) < 4.78 is 1.59. The van der Waals surface area contributed by atoms with Gasteiger partial charge in [-0.05, 0) is 38.1 Å². The van der Waals surface area contributed by atoms with Gasteiger partial charge in [-0.2, -0.15) is 10.2 Å². The summed E-state index contributed by atoms with van der Waals surface area (Å²) in [5.41, 5.74) is 2.81. The van der Waals surface area contributed by atoms with E-state index in [0.29, 0.717) is 28.5 Å². The van der Waals surface area contributed by atoms with Crippen LogP contribution >= 0.6 is 0 Å². The van der Waals surface area contributed by atoms with Crippen molar-refractivity contribution in [3.05, 3.63) is 75.6 Å². The molecule has 0 saturated carbocycles. The molecule has 9 heteroatoms. The van der Waals surface area contributed by atoms with Gasteiger partial charge in [0, 0.05) is 12.1 Å². The van der Waals surface area contributed by atoms with Crippen LogP contribution in [-0.2, 0) is 0 Å². The van der Waals surface area contributed by atoms with E-state index in [-0.39, 0.29) is 11.3 Å². The SMILES string of the molecule is Cc1nn(-c2cccc(C(=O)O)c2)c(C)c1N=Nc1cccc([N+](=O)[O-])c1. The molecule has 9 nitrogen and oxygen atoms in total. The molecule has 0 unspecified atom stereocenters. The molecule has 0 aliphatic carbocycles. The molecule has 0 fully saturated rings. The van der Waals surface area contributed by atoms with E-state index in [1.54, 1.807) is 36.7 Å². The number of carboxylic acid groups (broad SMARTS) is 1. The van der Waals surface area contributed by atoms with E-state index in [1.807, 2.05) is 0 Å². The Kier molecular flexibility index (Phi) is 4.75. The molecule has 0 bridgehead atoms. The zero-order chi connectivity index (χ0) is 19.6. The third-order valence-corrected chi connectivity index (χ3v) is 3.90. The normalized spacial score (nSPS) is 11.0. The Morgan fingerprint density at radius 2 is 1.89 bits per heavy atom. The quantitative estimate of drug-likeness (QED) is 0.405. The first kappa shape index (κ1) is 17.9. The average molecular weight is 365 g/mol. The molecule has 0 saturated heterocycles. The number of benzene rings is 2. The highest BCUT2D eigenvalue weighted by Crippen LogP contribution is 2.28. The minimum absolute atomic E-state index is 0.0684. The molecule has 1 aromatic heterocycles. The second-order valence-corrected chi connectivity index (χ2v) is 5.76. The smallest absolute Gasteiger partial charge is 0.335 e. The second-order valence-electron chi connectivity index (χ2n) is 5.76. The Balaban J connectivity index is 1.97. The Bertz CT molecular complexity index is 1070. The number of nitro groups is 1. The number of hydrogen-bond donors (Lipinski definition) is 1. The number of aromatic carboxylic acids is 1. The first-order valence-corrected chi connectivity index (χ1v) is 7.93. The molecule has 1 heterocycles. The first-order valence-electron chi connectivity index (χ1n) is 7.93. The Morgan fingerprint density at radius 3 is 2.59 bits per heavy atom. The van der Waals surface area contributed by atoms with Gasteiger partial charge in [0.1, 0.15) is 5.69 Å². The summed E-state index contributed by atoms with van der Waals surface area (Å²) in [5, 5.41) is 32.6. The number of carboxylic acids is 1. The topological polar surface area (TPSA) is 123 Å². The number of carbonyl (C=O) groups is 1. The van der Waals surface area contributed by atoms with Gasteiger partial charge in [0.05, 0.1) is 33.2 Å². The first-order chi connectivity index (χ1) is 12.9. The van der Waals surface area contributed by atoms with Crippen molar-refractivity contribution in [1.82, 2.24) is 9.78 Å². The number of nitro benzene ring substituents is 1. The summed E-state index contributed by atoms with van der Waals surface area (Å²) in [7, 11) is 0. The largest absolute Gasteiger partial charge is 0.478 e. The molecule has 0 spiro atoms. The van der Waals surface area contributed by atoms with Crippen LogP contribution in [0.5, 0.6) is 0 Å². The minimum Gasteiger partial charge on any atom is -0.478 e. The van der Waals surface area contributed by atoms with Crippen LogP contribution in [0, 0.1) is 24.0 Å². The van der Waals surface area contributed by atoms with Gasteiger partial charge in [-0.25, -0.2) is 9.48 Å². The molecule has 0 amide bonds. The second kappa shape index (κ2) is 7.16. The van der Waals surface area contributed by atoms with Crippen LogP contribution in [-0.4, -0.2) is 25.8 Å². The van der Waals surface area contributed by atoms with Crippen molar-refractivity contribution in [2.75, 3.05) is 0 Å². The van der Waals surface area contributed by atoms with Gasteiger partial charge in [-0.1, -0.05) is 12.1 Å². The lowest BCUT2D eigenvalue weighted by Gasteiger charge is -2.05. The highest BCUT2D eigenvalue weighted by Gasteiger charge is 2.14. The molecule has 3 rings (SSSR count). The molecule has 136 valence electrons. The van der Waals surface area contributed by atoms with Crippen LogP contribution in [0.4, 0.5) is 17.1 Å². The van der Waals surface area contributed by atoms with Crippen molar-refractivity contribution in [2.45, 2.75) is 13.8 Å². The summed E-state index contributed by atoms with van der Waals surface area (Å²) in [6.07, 6.45) is 0. The lowest BCUT2D eigenvalue weighted by molar-refractivity contribution is -0.384. The van der Waals surface area contributed by atoms with Crippen molar-refractivity contribution in [2.24, 2.45) is 10.2 Å². The van der Waals surface area contributed by atoms with Crippen molar-refractivity contribution in [3.63, 3.8) is 0 Å². The molecule has 0 radical (unpaired) electrons. The standard InChI is InChI=1S/C18H15N5O4/c1-11-17(20-19-14-6-4-8-16(10-14)23(26)27)12(2)22(21-11)15-7-3-5-13(9-15)18(24)25/h3-10H,1-2H3,(H,24,25). The molecule has 27 heavy (non-hydrogen) atoms. The monoisotopic (exact) mass is 365 g/mol. The van der Waals surface area contributed by atoms with Gasteiger partial charge in [-0.15, -0.1) is 5.11 Å². The third kappa shape index (κ3) is 3.71. The highest BCUT2D eigenvalue weighted by atomic mass is 16.6. The van der Waals surface area contributed by atoms with E-state index in [2.05, 4.69) is 15.3 Å². The Hall–Kier alpha value is -3.88. The summed E-state index contributed by atoms with van der Waals surface area (Å²) >= 11 is 0. The molecule has 0 atom stereocenters. The van der Waals surface area contributed by atoms with Crippen molar-refractivity contribution >= 4 is 23.0 Å².